The van der Waals surface area contributed by atoms with Gasteiger partial charge in [0.15, 0.2) is 6.10 Å². The summed E-state index contributed by atoms with van der Waals surface area (Å²) >= 11 is 5.81. The highest BCUT2D eigenvalue weighted by molar-refractivity contribution is 6.30. The van der Waals surface area contributed by atoms with Gasteiger partial charge in [0, 0.05) is 17.6 Å². The van der Waals surface area contributed by atoms with Crippen LogP contribution in [0.2, 0.25) is 5.02 Å². The van der Waals surface area contributed by atoms with Crippen molar-refractivity contribution in [2.45, 2.75) is 20.0 Å². The molecule has 0 aliphatic rings. The largest absolute Gasteiger partial charge is 0.479 e. The van der Waals surface area contributed by atoms with E-state index < -0.39 is 6.10 Å². The lowest BCUT2D eigenvalue weighted by atomic mass is 10.2. The lowest BCUT2D eigenvalue weighted by Gasteiger charge is -2.17. The maximum absolute atomic E-state index is 12.2. The van der Waals surface area contributed by atoms with Gasteiger partial charge in [-0.25, -0.2) is 0 Å². The summed E-state index contributed by atoms with van der Waals surface area (Å²) < 4.78 is 5.65. The molecule has 5 nitrogen and oxygen atoms in total. The Morgan fingerprint density at radius 2 is 1.70 bits per heavy atom. The van der Waals surface area contributed by atoms with Crippen LogP contribution in [0.15, 0.2) is 48.5 Å². The highest BCUT2D eigenvalue weighted by atomic mass is 35.5. The van der Waals surface area contributed by atoms with Crippen LogP contribution in [-0.4, -0.2) is 17.9 Å². The molecule has 0 heterocycles. The van der Waals surface area contributed by atoms with Gasteiger partial charge in [-0.3, -0.25) is 9.59 Å². The number of para-hydroxylation sites is 2. The molecule has 2 N–H and O–H groups in total. The number of carbonyl (C=O) groups is 2. The first kappa shape index (κ1) is 16.8. The topological polar surface area (TPSA) is 67.4 Å². The van der Waals surface area contributed by atoms with E-state index in [4.69, 9.17) is 16.3 Å². The van der Waals surface area contributed by atoms with Crippen molar-refractivity contribution in [3.63, 3.8) is 0 Å². The minimum Gasteiger partial charge on any atom is -0.479 e. The monoisotopic (exact) mass is 332 g/mol. The van der Waals surface area contributed by atoms with E-state index in [1.165, 1.54) is 6.92 Å². The number of anilines is 2. The molecule has 0 saturated heterocycles. The molecule has 1 atom stereocenters. The quantitative estimate of drug-likeness (QED) is 0.877. The number of carbonyl (C=O) groups excluding carboxylic acids is 2. The molecule has 2 amide bonds. The van der Waals surface area contributed by atoms with Gasteiger partial charge in [-0.05, 0) is 43.3 Å². The predicted octanol–water partition coefficient (Wildman–Crippen LogP) is 3.70. The summed E-state index contributed by atoms with van der Waals surface area (Å²) in [5.74, 6) is -0.0780. The molecule has 0 bridgehead atoms. The lowest BCUT2D eigenvalue weighted by molar-refractivity contribution is -0.122. The normalized spacial score (nSPS) is 11.4. The Labute approximate surface area is 139 Å². The standard InChI is InChI=1S/C17H17ClN2O3/c1-11(17(22)20-14-9-7-13(18)8-10-14)23-16-6-4-3-5-15(16)19-12(2)21/h3-11H,1-2H3,(H,19,21)(H,20,22)/t11-/m0/s1. The summed E-state index contributed by atoms with van der Waals surface area (Å²) in [6, 6.07) is 13.7. The van der Waals surface area contributed by atoms with E-state index in [-0.39, 0.29) is 11.8 Å². The van der Waals surface area contributed by atoms with E-state index in [1.54, 1.807) is 55.5 Å². The average molecular weight is 333 g/mol. The Morgan fingerprint density at radius 1 is 1.04 bits per heavy atom. The Hall–Kier alpha value is -2.53. The molecule has 0 aromatic heterocycles. The number of amides is 2. The summed E-state index contributed by atoms with van der Waals surface area (Å²) in [5, 5.41) is 6.00. The fraction of sp³-hybridized carbons (Fsp3) is 0.176. The molecule has 0 unspecified atom stereocenters. The third-order valence-electron chi connectivity index (χ3n) is 2.98. The second-order valence-corrected chi connectivity index (χ2v) is 5.37. The van der Waals surface area contributed by atoms with Gasteiger partial charge >= 0.3 is 0 Å². The van der Waals surface area contributed by atoms with Crippen molar-refractivity contribution in [1.29, 1.82) is 0 Å². The van der Waals surface area contributed by atoms with Crippen molar-refractivity contribution in [2.24, 2.45) is 0 Å². The zero-order valence-electron chi connectivity index (χ0n) is 12.8. The van der Waals surface area contributed by atoms with Crippen molar-refractivity contribution in [2.75, 3.05) is 10.6 Å². The molecule has 2 aromatic carbocycles. The zero-order valence-corrected chi connectivity index (χ0v) is 13.6. The van der Waals surface area contributed by atoms with Gasteiger partial charge in [0.05, 0.1) is 5.69 Å². The van der Waals surface area contributed by atoms with Crippen LogP contribution >= 0.6 is 11.6 Å². The Kier molecular flexibility index (Phi) is 5.60. The minimum absolute atomic E-state index is 0.209. The van der Waals surface area contributed by atoms with Crippen LogP contribution in [0.25, 0.3) is 0 Å². The number of nitrogens with one attached hydrogen (secondary N) is 2. The Bertz CT molecular complexity index is 701. The SMILES string of the molecule is CC(=O)Nc1ccccc1O[C@@H](C)C(=O)Nc1ccc(Cl)cc1. The van der Waals surface area contributed by atoms with Crippen LogP contribution in [-0.2, 0) is 9.59 Å². The third-order valence-corrected chi connectivity index (χ3v) is 3.23. The summed E-state index contributed by atoms with van der Waals surface area (Å²) in [7, 11) is 0. The smallest absolute Gasteiger partial charge is 0.265 e. The number of ether oxygens (including phenoxy) is 1. The van der Waals surface area contributed by atoms with Crippen molar-refractivity contribution >= 4 is 34.8 Å². The summed E-state index contributed by atoms with van der Waals surface area (Å²) in [4.78, 5) is 23.4. The van der Waals surface area contributed by atoms with E-state index >= 15 is 0 Å². The van der Waals surface area contributed by atoms with Crippen LogP contribution in [0, 0.1) is 0 Å². The fourth-order valence-corrected chi connectivity index (χ4v) is 2.01. The van der Waals surface area contributed by atoms with Gasteiger partial charge in [-0.1, -0.05) is 23.7 Å². The first-order valence-corrected chi connectivity index (χ1v) is 7.43. The first-order chi connectivity index (χ1) is 11.0. The molecule has 23 heavy (non-hydrogen) atoms. The van der Waals surface area contributed by atoms with Gasteiger partial charge in [0.1, 0.15) is 5.75 Å². The third kappa shape index (κ3) is 5.00. The summed E-state index contributed by atoms with van der Waals surface area (Å²) in [5.41, 5.74) is 1.15. The van der Waals surface area contributed by atoms with E-state index in [1.807, 2.05) is 0 Å². The molecule has 2 aromatic rings. The molecule has 0 aliphatic carbocycles. The first-order valence-electron chi connectivity index (χ1n) is 7.05. The minimum atomic E-state index is -0.736. The van der Waals surface area contributed by atoms with Gasteiger partial charge in [-0.15, -0.1) is 0 Å². The molecule has 120 valence electrons. The fourth-order valence-electron chi connectivity index (χ4n) is 1.88. The molecule has 6 heteroatoms. The predicted molar refractivity (Wildman–Crippen MR) is 90.9 cm³/mol. The number of halogens is 1. The number of rotatable bonds is 5. The molecule has 2 rings (SSSR count). The maximum Gasteiger partial charge on any atom is 0.265 e. The zero-order chi connectivity index (χ0) is 16.8. The van der Waals surface area contributed by atoms with Crippen LogP contribution < -0.4 is 15.4 Å². The van der Waals surface area contributed by atoms with E-state index in [0.29, 0.717) is 22.1 Å². The van der Waals surface area contributed by atoms with Crippen molar-refractivity contribution < 1.29 is 14.3 Å². The molecule has 0 radical (unpaired) electrons. The van der Waals surface area contributed by atoms with E-state index in [0.717, 1.165) is 0 Å². The number of hydrogen-bond donors (Lipinski definition) is 2. The van der Waals surface area contributed by atoms with E-state index in [9.17, 15) is 9.59 Å². The van der Waals surface area contributed by atoms with E-state index in [2.05, 4.69) is 10.6 Å². The van der Waals surface area contributed by atoms with Crippen LogP contribution in [0.1, 0.15) is 13.8 Å². The molecule has 0 aliphatic heterocycles. The molecule has 0 spiro atoms. The van der Waals surface area contributed by atoms with Crippen LogP contribution in [0.5, 0.6) is 5.75 Å². The van der Waals surface area contributed by atoms with Crippen LogP contribution in [0.3, 0.4) is 0 Å². The van der Waals surface area contributed by atoms with Crippen molar-refractivity contribution in [1.82, 2.24) is 0 Å². The highest BCUT2D eigenvalue weighted by Crippen LogP contribution is 2.25. The van der Waals surface area contributed by atoms with Gasteiger partial charge in [0.2, 0.25) is 5.91 Å². The Morgan fingerprint density at radius 3 is 2.35 bits per heavy atom. The number of hydrogen-bond acceptors (Lipinski definition) is 3. The van der Waals surface area contributed by atoms with Crippen molar-refractivity contribution in [3.8, 4) is 5.75 Å². The summed E-state index contributed by atoms with van der Waals surface area (Å²) in [6.07, 6.45) is -0.736. The second kappa shape index (κ2) is 7.65. The van der Waals surface area contributed by atoms with Gasteiger partial charge in [-0.2, -0.15) is 0 Å². The van der Waals surface area contributed by atoms with Gasteiger partial charge in [0.25, 0.3) is 5.91 Å². The summed E-state index contributed by atoms with van der Waals surface area (Å²) in [6.45, 7) is 3.04. The van der Waals surface area contributed by atoms with Crippen LogP contribution in [0.4, 0.5) is 11.4 Å². The lowest BCUT2D eigenvalue weighted by Crippen LogP contribution is -2.30. The molecule has 0 saturated carbocycles. The van der Waals surface area contributed by atoms with Crippen molar-refractivity contribution in [3.05, 3.63) is 53.6 Å². The Balaban J connectivity index is 2.03. The molecular formula is C17H17ClN2O3. The molecular weight excluding hydrogens is 316 g/mol. The second-order valence-electron chi connectivity index (χ2n) is 4.93. The number of benzene rings is 2. The van der Waals surface area contributed by atoms with Gasteiger partial charge < -0.3 is 15.4 Å². The molecule has 0 fully saturated rings. The highest BCUT2D eigenvalue weighted by Gasteiger charge is 2.16. The average Bonchev–Trinajstić information content (AvgIpc) is 2.51. The maximum atomic E-state index is 12.2.